The minimum Gasteiger partial charge on any atom is -0.316 e. The normalized spacial score (nSPS) is 11.1. The average molecular weight is 379 g/mol. The van der Waals surface area contributed by atoms with Crippen LogP contribution in [0.15, 0.2) is 58.9 Å². The Bertz CT molecular complexity index is 960. The van der Waals surface area contributed by atoms with E-state index in [4.69, 9.17) is 0 Å². The summed E-state index contributed by atoms with van der Waals surface area (Å²) in [6.07, 6.45) is 3.60. The van der Waals surface area contributed by atoms with E-state index in [1.807, 2.05) is 54.9 Å². The molecule has 138 valence electrons. The molecule has 6 nitrogen and oxygen atoms in total. The van der Waals surface area contributed by atoms with E-state index in [0.717, 1.165) is 22.8 Å². The number of aryl methyl sites for hydroxylation is 3. The zero-order valence-electron chi connectivity index (χ0n) is 15.5. The third-order valence-corrected chi connectivity index (χ3v) is 4.59. The predicted molar refractivity (Wildman–Crippen MR) is 108 cm³/mol. The Labute approximate surface area is 162 Å². The maximum Gasteiger partial charge on any atom is 0.250 e. The van der Waals surface area contributed by atoms with Crippen molar-refractivity contribution in [3.63, 3.8) is 0 Å². The first kappa shape index (κ1) is 18.8. The van der Waals surface area contributed by atoms with Crippen LogP contribution in [0.25, 0.3) is 5.69 Å². The van der Waals surface area contributed by atoms with Crippen molar-refractivity contribution in [3.8, 4) is 5.69 Å². The Morgan fingerprint density at radius 1 is 1.15 bits per heavy atom. The molecule has 3 aromatic rings. The van der Waals surface area contributed by atoms with Crippen molar-refractivity contribution in [3.05, 3.63) is 71.3 Å². The molecule has 0 spiro atoms. The van der Waals surface area contributed by atoms with E-state index in [0.29, 0.717) is 5.16 Å². The molecule has 7 heteroatoms. The van der Waals surface area contributed by atoms with Gasteiger partial charge in [-0.05, 0) is 56.7 Å². The van der Waals surface area contributed by atoms with Gasteiger partial charge in [-0.3, -0.25) is 4.79 Å². The molecule has 0 aliphatic rings. The molecule has 0 radical (unpaired) electrons. The molecule has 0 atom stereocenters. The van der Waals surface area contributed by atoms with Gasteiger partial charge in [-0.2, -0.15) is 5.10 Å². The van der Waals surface area contributed by atoms with Crippen LogP contribution in [0.5, 0.6) is 0 Å². The van der Waals surface area contributed by atoms with Crippen molar-refractivity contribution < 1.29 is 4.79 Å². The fourth-order valence-electron chi connectivity index (χ4n) is 2.60. The van der Waals surface area contributed by atoms with Gasteiger partial charge < -0.3 is 4.57 Å². The smallest absolute Gasteiger partial charge is 0.250 e. The van der Waals surface area contributed by atoms with E-state index >= 15 is 0 Å². The van der Waals surface area contributed by atoms with E-state index < -0.39 is 0 Å². The molecule has 2 aromatic heterocycles. The maximum atomic E-state index is 12.0. The summed E-state index contributed by atoms with van der Waals surface area (Å²) in [6.45, 7) is 5.87. The third-order valence-electron chi connectivity index (χ3n) is 3.74. The van der Waals surface area contributed by atoms with Gasteiger partial charge in [0, 0.05) is 23.3 Å². The van der Waals surface area contributed by atoms with Gasteiger partial charge in [0.25, 0.3) is 5.91 Å². The molecule has 0 saturated heterocycles. The van der Waals surface area contributed by atoms with E-state index in [9.17, 15) is 4.79 Å². The Kier molecular flexibility index (Phi) is 6.03. The van der Waals surface area contributed by atoms with Crippen molar-refractivity contribution in [2.24, 2.45) is 5.10 Å². The van der Waals surface area contributed by atoms with Gasteiger partial charge in [-0.25, -0.2) is 15.4 Å². The Morgan fingerprint density at radius 2 is 1.93 bits per heavy atom. The molecule has 0 bridgehead atoms. The zero-order valence-corrected chi connectivity index (χ0v) is 16.3. The number of nitrogens with one attached hydrogen (secondary N) is 1. The van der Waals surface area contributed by atoms with Gasteiger partial charge in [0.2, 0.25) is 0 Å². The van der Waals surface area contributed by atoms with Crippen LogP contribution >= 0.6 is 11.8 Å². The van der Waals surface area contributed by atoms with Crippen LogP contribution in [0.4, 0.5) is 0 Å². The highest BCUT2D eigenvalue weighted by molar-refractivity contribution is 7.99. The first-order valence-corrected chi connectivity index (χ1v) is 9.51. The predicted octanol–water partition coefficient (Wildman–Crippen LogP) is 3.43. The minimum atomic E-state index is -0.201. The number of hydrogen-bond donors (Lipinski definition) is 1. The highest BCUT2D eigenvalue weighted by Gasteiger charge is 2.06. The maximum absolute atomic E-state index is 12.0. The number of benzene rings is 1. The number of rotatable bonds is 6. The van der Waals surface area contributed by atoms with Gasteiger partial charge in [0.1, 0.15) is 0 Å². The van der Waals surface area contributed by atoms with Crippen molar-refractivity contribution in [2.75, 3.05) is 5.75 Å². The molecule has 0 aliphatic heterocycles. The number of aromatic nitrogens is 3. The van der Waals surface area contributed by atoms with Gasteiger partial charge in [-0.15, -0.1) is 0 Å². The fraction of sp³-hybridized carbons (Fsp3) is 0.200. The summed E-state index contributed by atoms with van der Waals surface area (Å²) in [5.74, 6) is 0.00623. The summed E-state index contributed by atoms with van der Waals surface area (Å²) in [5, 5.41) is 4.67. The topological polar surface area (TPSA) is 72.2 Å². The molecule has 1 aromatic carbocycles. The summed E-state index contributed by atoms with van der Waals surface area (Å²) in [7, 11) is 0. The van der Waals surface area contributed by atoms with Crippen molar-refractivity contribution in [2.45, 2.75) is 25.9 Å². The van der Waals surface area contributed by atoms with E-state index in [1.165, 1.54) is 17.3 Å². The van der Waals surface area contributed by atoms with Crippen LogP contribution in [0.2, 0.25) is 0 Å². The summed E-state index contributed by atoms with van der Waals surface area (Å²) in [4.78, 5) is 20.6. The highest BCUT2D eigenvalue weighted by Crippen LogP contribution is 2.14. The lowest BCUT2D eigenvalue weighted by Gasteiger charge is -2.07. The molecular weight excluding hydrogens is 358 g/mol. The molecule has 27 heavy (non-hydrogen) atoms. The third kappa shape index (κ3) is 5.27. The Hall–Kier alpha value is -2.93. The van der Waals surface area contributed by atoms with Crippen LogP contribution in [0.3, 0.4) is 0 Å². The number of nitrogens with zero attached hydrogens (tertiary/aromatic N) is 4. The Morgan fingerprint density at radius 3 is 2.67 bits per heavy atom. The first-order chi connectivity index (χ1) is 13.0. The number of amides is 1. The second kappa shape index (κ2) is 8.64. The number of hydrazone groups is 1. The minimum absolute atomic E-state index is 0.201. The molecule has 0 unspecified atom stereocenters. The molecule has 2 heterocycles. The van der Waals surface area contributed by atoms with Crippen LogP contribution in [0, 0.1) is 20.8 Å². The SMILES string of the molecule is Cc1cccc(-n2cccc2/C=N\NC(=O)CSc2nc(C)cc(C)n2)c1. The summed E-state index contributed by atoms with van der Waals surface area (Å²) in [5.41, 5.74) is 7.44. The molecule has 3 rings (SSSR count). The second-order valence-corrected chi connectivity index (χ2v) is 7.10. The highest BCUT2D eigenvalue weighted by atomic mass is 32.2. The average Bonchev–Trinajstić information content (AvgIpc) is 3.08. The summed E-state index contributed by atoms with van der Waals surface area (Å²) < 4.78 is 2.01. The number of carbonyl (C=O) groups is 1. The van der Waals surface area contributed by atoms with Crippen molar-refractivity contribution >= 4 is 23.9 Å². The lowest BCUT2D eigenvalue weighted by molar-refractivity contribution is -0.118. The van der Waals surface area contributed by atoms with Crippen LogP contribution in [-0.2, 0) is 4.79 Å². The largest absolute Gasteiger partial charge is 0.316 e. The number of hydrogen-bond acceptors (Lipinski definition) is 5. The molecule has 0 fully saturated rings. The standard InChI is InChI=1S/C20H21N5OS/c1-14-6-4-7-17(10-14)25-9-5-8-18(25)12-21-24-19(26)13-27-20-22-15(2)11-16(3)23-20/h4-12H,13H2,1-3H3,(H,24,26)/b21-12-. The summed E-state index contributed by atoms with van der Waals surface area (Å²) >= 11 is 1.29. The number of carbonyl (C=O) groups excluding carboxylic acids is 1. The zero-order chi connectivity index (χ0) is 19.2. The van der Waals surface area contributed by atoms with Crippen LogP contribution < -0.4 is 5.43 Å². The monoisotopic (exact) mass is 379 g/mol. The van der Waals surface area contributed by atoms with Gasteiger partial charge >= 0.3 is 0 Å². The molecule has 0 aliphatic carbocycles. The Balaban J connectivity index is 1.58. The van der Waals surface area contributed by atoms with Crippen LogP contribution in [-0.4, -0.2) is 32.4 Å². The van der Waals surface area contributed by atoms with E-state index in [2.05, 4.69) is 39.6 Å². The lowest BCUT2D eigenvalue weighted by atomic mass is 10.2. The number of thioether (sulfide) groups is 1. The molecule has 1 amide bonds. The van der Waals surface area contributed by atoms with Gasteiger partial charge in [-0.1, -0.05) is 23.9 Å². The van der Waals surface area contributed by atoms with E-state index in [1.54, 1.807) is 6.21 Å². The lowest BCUT2D eigenvalue weighted by Crippen LogP contribution is -2.20. The molecule has 1 N–H and O–H groups in total. The van der Waals surface area contributed by atoms with Crippen LogP contribution in [0.1, 0.15) is 22.6 Å². The molecule has 0 saturated carbocycles. The van der Waals surface area contributed by atoms with Crippen molar-refractivity contribution in [1.29, 1.82) is 0 Å². The van der Waals surface area contributed by atoms with Gasteiger partial charge in [0.15, 0.2) is 5.16 Å². The van der Waals surface area contributed by atoms with E-state index in [-0.39, 0.29) is 11.7 Å². The van der Waals surface area contributed by atoms with Crippen molar-refractivity contribution in [1.82, 2.24) is 20.0 Å². The van der Waals surface area contributed by atoms with Gasteiger partial charge in [0.05, 0.1) is 17.7 Å². The first-order valence-electron chi connectivity index (χ1n) is 8.52. The second-order valence-electron chi connectivity index (χ2n) is 6.16. The summed E-state index contributed by atoms with van der Waals surface area (Å²) in [6, 6.07) is 14.0. The fourth-order valence-corrected chi connectivity index (χ4v) is 3.34. The quantitative estimate of drug-likeness (QED) is 0.308. The molecular formula is C20H21N5OS.